The van der Waals surface area contributed by atoms with E-state index in [4.69, 9.17) is 9.15 Å². The zero-order valence-electron chi connectivity index (χ0n) is 9.22. The SMILES string of the molecule is O=[N+]([O-])c1ccc(CNCC2(O)CCOC2)o1. The summed E-state index contributed by atoms with van der Waals surface area (Å²) >= 11 is 0. The van der Waals surface area contributed by atoms with Crippen LogP contribution in [0, 0.1) is 10.1 Å². The third-order valence-corrected chi connectivity index (χ3v) is 2.66. The lowest BCUT2D eigenvalue weighted by molar-refractivity contribution is -0.402. The van der Waals surface area contributed by atoms with Gasteiger partial charge in [-0.1, -0.05) is 0 Å². The van der Waals surface area contributed by atoms with Crippen molar-refractivity contribution in [3.8, 4) is 0 Å². The molecule has 0 saturated carbocycles. The molecule has 7 heteroatoms. The molecule has 0 bridgehead atoms. The molecule has 2 heterocycles. The maximum atomic E-state index is 10.4. The molecular weight excluding hydrogens is 228 g/mol. The lowest BCUT2D eigenvalue weighted by Crippen LogP contribution is -2.40. The van der Waals surface area contributed by atoms with Crippen LogP contribution in [0.5, 0.6) is 0 Å². The Bertz CT molecular complexity index is 397. The van der Waals surface area contributed by atoms with Crippen molar-refractivity contribution in [2.24, 2.45) is 0 Å². The average molecular weight is 242 g/mol. The van der Waals surface area contributed by atoms with E-state index in [1.165, 1.54) is 6.07 Å². The molecule has 1 atom stereocenters. The van der Waals surface area contributed by atoms with E-state index < -0.39 is 10.5 Å². The molecule has 1 aromatic rings. The van der Waals surface area contributed by atoms with Crippen molar-refractivity contribution in [1.29, 1.82) is 0 Å². The van der Waals surface area contributed by atoms with Crippen molar-refractivity contribution in [3.63, 3.8) is 0 Å². The molecule has 0 spiro atoms. The number of aliphatic hydroxyl groups is 1. The number of nitrogens with one attached hydrogen (secondary N) is 1. The quantitative estimate of drug-likeness (QED) is 0.574. The van der Waals surface area contributed by atoms with Crippen LogP contribution in [0.1, 0.15) is 12.2 Å². The standard InChI is InChI=1S/C10H14N2O5/c13-10(3-4-16-7-10)6-11-5-8-1-2-9(17-8)12(14)15/h1-2,11,13H,3-7H2. The van der Waals surface area contributed by atoms with E-state index in [9.17, 15) is 15.2 Å². The Morgan fingerprint density at radius 2 is 2.41 bits per heavy atom. The van der Waals surface area contributed by atoms with Gasteiger partial charge in [0.05, 0.1) is 19.2 Å². The first kappa shape index (κ1) is 12.0. The summed E-state index contributed by atoms with van der Waals surface area (Å²) in [6, 6.07) is 2.85. The molecule has 1 fully saturated rings. The van der Waals surface area contributed by atoms with Gasteiger partial charge in [0, 0.05) is 19.6 Å². The smallest absolute Gasteiger partial charge is 0.404 e. The Kier molecular flexibility index (Phi) is 3.41. The minimum absolute atomic E-state index is 0.273. The van der Waals surface area contributed by atoms with Gasteiger partial charge in [-0.3, -0.25) is 10.1 Å². The van der Waals surface area contributed by atoms with Gasteiger partial charge in [0.15, 0.2) is 0 Å². The summed E-state index contributed by atoms with van der Waals surface area (Å²) in [5.74, 6) is 0.198. The molecule has 1 unspecified atom stereocenters. The minimum Gasteiger partial charge on any atom is -0.404 e. The number of hydrogen-bond donors (Lipinski definition) is 2. The van der Waals surface area contributed by atoms with E-state index in [-0.39, 0.29) is 5.88 Å². The fourth-order valence-electron chi connectivity index (χ4n) is 1.71. The average Bonchev–Trinajstić information content (AvgIpc) is 2.88. The summed E-state index contributed by atoms with van der Waals surface area (Å²) < 4.78 is 10.1. The first-order valence-corrected chi connectivity index (χ1v) is 5.33. The van der Waals surface area contributed by atoms with Gasteiger partial charge in [-0.05, 0) is 6.07 Å². The van der Waals surface area contributed by atoms with Crippen LogP contribution in [-0.2, 0) is 11.3 Å². The maximum Gasteiger partial charge on any atom is 0.433 e. The number of rotatable bonds is 5. The van der Waals surface area contributed by atoms with Crippen LogP contribution in [0.15, 0.2) is 16.5 Å². The van der Waals surface area contributed by atoms with Gasteiger partial charge >= 0.3 is 5.88 Å². The third kappa shape index (κ3) is 3.02. The lowest BCUT2D eigenvalue weighted by Gasteiger charge is -2.20. The molecule has 2 rings (SSSR count). The molecule has 0 radical (unpaired) electrons. The number of ether oxygens (including phenoxy) is 1. The van der Waals surface area contributed by atoms with E-state index in [0.717, 1.165) is 0 Å². The molecule has 1 aliphatic rings. The van der Waals surface area contributed by atoms with E-state index >= 15 is 0 Å². The third-order valence-electron chi connectivity index (χ3n) is 2.66. The fraction of sp³-hybridized carbons (Fsp3) is 0.600. The second-order valence-electron chi connectivity index (χ2n) is 4.13. The van der Waals surface area contributed by atoms with Crippen molar-refractivity contribution < 1.29 is 19.2 Å². The van der Waals surface area contributed by atoms with Crippen LogP contribution < -0.4 is 5.32 Å². The fourth-order valence-corrected chi connectivity index (χ4v) is 1.71. The largest absolute Gasteiger partial charge is 0.433 e. The summed E-state index contributed by atoms with van der Waals surface area (Å²) in [7, 11) is 0. The molecule has 1 aliphatic heterocycles. The highest BCUT2D eigenvalue weighted by molar-refractivity contribution is 5.17. The van der Waals surface area contributed by atoms with E-state index in [2.05, 4.69) is 5.32 Å². The van der Waals surface area contributed by atoms with Gasteiger partial charge in [0.2, 0.25) is 0 Å². The molecular formula is C10H14N2O5. The monoisotopic (exact) mass is 242 g/mol. The Morgan fingerprint density at radius 3 is 3.00 bits per heavy atom. The van der Waals surface area contributed by atoms with E-state index in [0.29, 0.717) is 38.5 Å². The highest BCUT2D eigenvalue weighted by Gasteiger charge is 2.31. The van der Waals surface area contributed by atoms with Crippen molar-refractivity contribution in [3.05, 3.63) is 28.0 Å². The van der Waals surface area contributed by atoms with Crippen LogP contribution in [0.3, 0.4) is 0 Å². The molecule has 1 saturated heterocycles. The number of nitrogens with zero attached hydrogens (tertiary/aromatic N) is 1. The lowest BCUT2D eigenvalue weighted by atomic mass is 10.0. The number of hydrogen-bond acceptors (Lipinski definition) is 6. The van der Waals surface area contributed by atoms with Crippen LogP contribution in [0.2, 0.25) is 0 Å². The van der Waals surface area contributed by atoms with Crippen LogP contribution in [-0.4, -0.2) is 35.4 Å². The van der Waals surface area contributed by atoms with Gasteiger partial charge < -0.3 is 19.6 Å². The molecule has 94 valence electrons. The molecule has 17 heavy (non-hydrogen) atoms. The van der Waals surface area contributed by atoms with Crippen LogP contribution in [0.4, 0.5) is 5.88 Å². The number of furan rings is 1. The van der Waals surface area contributed by atoms with Gasteiger partial charge in [0.1, 0.15) is 16.3 Å². The molecule has 0 amide bonds. The number of nitro groups is 1. The summed E-state index contributed by atoms with van der Waals surface area (Å²) in [4.78, 5) is 9.80. The van der Waals surface area contributed by atoms with Crippen molar-refractivity contribution >= 4 is 5.88 Å². The van der Waals surface area contributed by atoms with Crippen molar-refractivity contribution in [2.75, 3.05) is 19.8 Å². The topological polar surface area (TPSA) is 97.8 Å². The molecule has 7 nitrogen and oxygen atoms in total. The molecule has 1 aromatic heterocycles. The Hall–Kier alpha value is -1.44. The first-order chi connectivity index (χ1) is 8.09. The zero-order valence-corrected chi connectivity index (χ0v) is 9.22. The molecule has 2 N–H and O–H groups in total. The maximum absolute atomic E-state index is 10.4. The summed E-state index contributed by atoms with van der Waals surface area (Å²) in [6.45, 7) is 1.60. The Balaban J connectivity index is 1.79. The van der Waals surface area contributed by atoms with Gasteiger partial charge in [-0.2, -0.15) is 0 Å². The summed E-state index contributed by atoms with van der Waals surface area (Å²) in [5, 5.41) is 23.3. The Morgan fingerprint density at radius 1 is 1.59 bits per heavy atom. The summed E-state index contributed by atoms with van der Waals surface area (Å²) in [5.41, 5.74) is -0.835. The first-order valence-electron chi connectivity index (χ1n) is 5.33. The predicted molar refractivity (Wildman–Crippen MR) is 57.5 cm³/mol. The molecule has 0 aromatic carbocycles. The van der Waals surface area contributed by atoms with Crippen molar-refractivity contribution in [1.82, 2.24) is 5.32 Å². The zero-order chi connectivity index (χ0) is 12.3. The second-order valence-corrected chi connectivity index (χ2v) is 4.13. The highest BCUT2D eigenvalue weighted by atomic mass is 16.6. The van der Waals surface area contributed by atoms with E-state index in [1.54, 1.807) is 6.07 Å². The predicted octanol–water partition coefficient (Wildman–Crippen LogP) is 0.429. The summed E-state index contributed by atoms with van der Waals surface area (Å²) in [6.07, 6.45) is 0.596. The van der Waals surface area contributed by atoms with Crippen LogP contribution >= 0.6 is 0 Å². The van der Waals surface area contributed by atoms with E-state index in [1.807, 2.05) is 0 Å². The Labute approximate surface area is 97.5 Å². The highest BCUT2D eigenvalue weighted by Crippen LogP contribution is 2.18. The van der Waals surface area contributed by atoms with Crippen LogP contribution in [0.25, 0.3) is 0 Å². The van der Waals surface area contributed by atoms with Gasteiger partial charge in [0.25, 0.3) is 0 Å². The van der Waals surface area contributed by atoms with Gasteiger partial charge in [-0.25, -0.2) is 0 Å². The minimum atomic E-state index is -0.835. The second kappa shape index (κ2) is 4.82. The van der Waals surface area contributed by atoms with Gasteiger partial charge in [-0.15, -0.1) is 0 Å². The molecule has 0 aliphatic carbocycles. The normalized spacial score (nSPS) is 24.1. The van der Waals surface area contributed by atoms with Crippen molar-refractivity contribution in [2.45, 2.75) is 18.6 Å².